The number of carbonyl (C=O) groups is 1. The first-order chi connectivity index (χ1) is 13.5. The topological polar surface area (TPSA) is 80.9 Å². The minimum atomic E-state index is -0.360. The van der Waals surface area contributed by atoms with E-state index < -0.39 is 0 Å². The molecule has 4 rings (SSSR count). The number of amides is 1. The molecule has 4 aromatic rings. The fourth-order valence-corrected chi connectivity index (χ4v) is 4.67. The summed E-state index contributed by atoms with van der Waals surface area (Å²) in [7, 11) is 0. The van der Waals surface area contributed by atoms with Gasteiger partial charge in [0.15, 0.2) is 5.82 Å². The Hall–Kier alpha value is -2.71. The Morgan fingerprint density at radius 3 is 2.71 bits per heavy atom. The lowest BCUT2D eigenvalue weighted by molar-refractivity contribution is -0.115. The van der Waals surface area contributed by atoms with E-state index in [1.807, 2.05) is 6.92 Å². The number of fused-ring (bicyclic) bond motifs is 1. The van der Waals surface area contributed by atoms with Gasteiger partial charge in [0.1, 0.15) is 21.9 Å². The van der Waals surface area contributed by atoms with Crippen LogP contribution in [0.25, 0.3) is 21.3 Å². The molecule has 1 amide bonds. The summed E-state index contributed by atoms with van der Waals surface area (Å²) in [6.07, 6.45) is 1.55. The summed E-state index contributed by atoms with van der Waals surface area (Å²) in [4.78, 5) is 22.3. The van der Waals surface area contributed by atoms with Crippen molar-refractivity contribution in [2.75, 3.05) is 5.32 Å². The first-order valence-corrected chi connectivity index (χ1v) is 10.5. The van der Waals surface area contributed by atoms with Crippen LogP contribution in [0.4, 0.5) is 5.82 Å². The monoisotopic (exact) mass is 410 g/mol. The molecule has 3 aromatic heterocycles. The zero-order valence-corrected chi connectivity index (χ0v) is 17.2. The van der Waals surface area contributed by atoms with Gasteiger partial charge in [0.05, 0.1) is 10.6 Å². The summed E-state index contributed by atoms with van der Waals surface area (Å²) in [6.45, 7) is 5.69. The number of thiophene rings is 1. The van der Waals surface area contributed by atoms with Crippen LogP contribution in [0.2, 0.25) is 0 Å². The maximum Gasteiger partial charge on any atom is 0.238 e. The number of anilines is 1. The second-order valence-electron chi connectivity index (χ2n) is 6.45. The Morgan fingerprint density at radius 2 is 2.00 bits per heavy atom. The van der Waals surface area contributed by atoms with Crippen molar-refractivity contribution >= 4 is 45.0 Å². The molecule has 3 heterocycles. The molecule has 1 aromatic carbocycles. The SMILES string of the molecule is Cc1ccc(-c2csc3ncnc(S[C@@H](C)C(=O)Nc4cc(C)on4)c23)cc1. The second-order valence-corrected chi connectivity index (χ2v) is 8.63. The van der Waals surface area contributed by atoms with Gasteiger partial charge in [-0.05, 0) is 26.3 Å². The van der Waals surface area contributed by atoms with Crippen LogP contribution in [-0.4, -0.2) is 26.3 Å². The Kier molecular flexibility index (Phi) is 5.15. The van der Waals surface area contributed by atoms with Gasteiger partial charge >= 0.3 is 0 Å². The van der Waals surface area contributed by atoms with E-state index in [-0.39, 0.29) is 11.2 Å². The molecule has 0 aliphatic heterocycles. The molecule has 1 atom stereocenters. The lowest BCUT2D eigenvalue weighted by Crippen LogP contribution is -2.22. The van der Waals surface area contributed by atoms with Gasteiger partial charge in [0.2, 0.25) is 5.91 Å². The summed E-state index contributed by atoms with van der Waals surface area (Å²) in [6, 6.07) is 10.1. The average Bonchev–Trinajstić information content (AvgIpc) is 3.29. The summed E-state index contributed by atoms with van der Waals surface area (Å²) in [5.74, 6) is 0.907. The van der Waals surface area contributed by atoms with E-state index in [4.69, 9.17) is 4.52 Å². The van der Waals surface area contributed by atoms with Gasteiger partial charge in [0, 0.05) is 17.0 Å². The molecule has 0 aliphatic rings. The molecule has 28 heavy (non-hydrogen) atoms. The van der Waals surface area contributed by atoms with Crippen molar-refractivity contribution in [3.8, 4) is 11.1 Å². The number of aromatic nitrogens is 3. The number of carbonyl (C=O) groups excluding carboxylic acids is 1. The van der Waals surface area contributed by atoms with E-state index in [1.54, 1.807) is 30.7 Å². The van der Waals surface area contributed by atoms with Crippen molar-refractivity contribution in [2.45, 2.75) is 31.0 Å². The number of hydrogen-bond donors (Lipinski definition) is 1. The Balaban J connectivity index is 1.62. The number of aryl methyl sites for hydroxylation is 2. The highest BCUT2D eigenvalue weighted by molar-refractivity contribution is 8.00. The number of thioether (sulfide) groups is 1. The van der Waals surface area contributed by atoms with Crippen LogP contribution >= 0.6 is 23.1 Å². The van der Waals surface area contributed by atoms with Crippen molar-refractivity contribution in [1.82, 2.24) is 15.1 Å². The smallest absolute Gasteiger partial charge is 0.238 e. The van der Waals surface area contributed by atoms with Crippen molar-refractivity contribution in [3.63, 3.8) is 0 Å². The largest absolute Gasteiger partial charge is 0.360 e. The first-order valence-electron chi connectivity index (χ1n) is 8.71. The van der Waals surface area contributed by atoms with Gasteiger partial charge in [-0.1, -0.05) is 46.7 Å². The van der Waals surface area contributed by atoms with Crippen LogP contribution in [0.5, 0.6) is 0 Å². The highest BCUT2D eigenvalue weighted by Crippen LogP contribution is 2.39. The third-order valence-corrected chi connectivity index (χ3v) is 6.22. The Labute approximate surface area is 170 Å². The maximum absolute atomic E-state index is 12.5. The normalized spacial score (nSPS) is 12.2. The van der Waals surface area contributed by atoms with Crippen LogP contribution in [0.1, 0.15) is 18.2 Å². The number of hydrogen-bond acceptors (Lipinski definition) is 7. The molecule has 0 unspecified atom stereocenters. The van der Waals surface area contributed by atoms with E-state index in [1.165, 1.54) is 17.3 Å². The van der Waals surface area contributed by atoms with E-state index in [2.05, 4.69) is 57.0 Å². The molecule has 0 spiro atoms. The highest BCUT2D eigenvalue weighted by atomic mass is 32.2. The molecule has 0 aliphatic carbocycles. The minimum Gasteiger partial charge on any atom is -0.360 e. The Morgan fingerprint density at radius 1 is 1.21 bits per heavy atom. The number of rotatable bonds is 5. The lowest BCUT2D eigenvalue weighted by Gasteiger charge is -2.11. The predicted octanol–water partition coefficient (Wildman–Crippen LogP) is 5.08. The van der Waals surface area contributed by atoms with Gasteiger partial charge in [-0.2, -0.15) is 0 Å². The summed E-state index contributed by atoms with van der Waals surface area (Å²) < 4.78 is 4.99. The molecule has 0 radical (unpaired) electrons. The van der Waals surface area contributed by atoms with Gasteiger partial charge in [-0.3, -0.25) is 4.79 Å². The molecule has 142 valence electrons. The predicted molar refractivity (Wildman–Crippen MR) is 113 cm³/mol. The molecule has 8 heteroatoms. The van der Waals surface area contributed by atoms with Crippen LogP contribution in [0.3, 0.4) is 0 Å². The fourth-order valence-electron chi connectivity index (χ4n) is 2.76. The fraction of sp³-hybridized carbons (Fsp3) is 0.200. The standard InChI is InChI=1S/C20H18N4O2S2/c1-11-4-6-14(7-5-11)15-9-27-19-17(15)20(22-10-21-19)28-13(3)18(25)23-16-8-12(2)26-24-16/h4-10,13H,1-3H3,(H,23,24,25)/t13-/m0/s1. The summed E-state index contributed by atoms with van der Waals surface area (Å²) in [5, 5.41) is 10.1. The van der Waals surface area contributed by atoms with Crippen LogP contribution < -0.4 is 5.32 Å². The van der Waals surface area contributed by atoms with Gasteiger partial charge < -0.3 is 9.84 Å². The van der Waals surface area contributed by atoms with Crippen LogP contribution in [-0.2, 0) is 4.79 Å². The van der Waals surface area contributed by atoms with E-state index in [0.29, 0.717) is 11.6 Å². The summed E-state index contributed by atoms with van der Waals surface area (Å²) in [5.41, 5.74) is 3.41. The highest BCUT2D eigenvalue weighted by Gasteiger charge is 2.20. The van der Waals surface area contributed by atoms with E-state index in [0.717, 1.165) is 26.4 Å². The Bertz CT molecular complexity index is 1130. The molecule has 0 fully saturated rings. The quantitative estimate of drug-likeness (QED) is 0.365. The van der Waals surface area contributed by atoms with Gasteiger partial charge in [0.25, 0.3) is 0 Å². The molecule has 0 bridgehead atoms. The number of nitrogens with one attached hydrogen (secondary N) is 1. The minimum absolute atomic E-state index is 0.155. The van der Waals surface area contributed by atoms with Crippen molar-refractivity contribution in [1.29, 1.82) is 0 Å². The molecule has 1 N–H and O–H groups in total. The molecular weight excluding hydrogens is 392 g/mol. The van der Waals surface area contributed by atoms with E-state index in [9.17, 15) is 4.79 Å². The van der Waals surface area contributed by atoms with E-state index >= 15 is 0 Å². The van der Waals surface area contributed by atoms with Gasteiger partial charge in [-0.25, -0.2) is 9.97 Å². The molecular formula is C20H18N4O2S2. The van der Waals surface area contributed by atoms with Crippen molar-refractivity contribution in [2.24, 2.45) is 0 Å². The van der Waals surface area contributed by atoms with Crippen LogP contribution in [0, 0.1) is 13.8 Å². The van der Waals surface area contributed by atoms with Crippen LogP contribution in [0.15, 0.2) is 51.6 Å². The number of nitrogens with zero attached hydrogens (tertiary/aromatic N) is 3. The average molecular weight is 411 g/mol. The molecule has 6 nitrogen and oxygen atoms in total. The van der Waals surface area contributed by atoms with Crippen molar-refractivity contribution in [3.05, 3.63) is 53.4 Å². The second kappa shape index (κ2) is 7.73. The third kappa shape index (κ3) is 3.79. The molecule has 0 saturated carbocycles. The number of benzene rings is 1. The maximum atomic E-state index is 12.5. The van der Waals surface area contributed by atoms with Crippen molar-refractivity contribution < 1.29 is 9.32 Å². The zero-order chi connectivity index (χ0) is 19.7. The lowest BCUT2D eigenvalue weighted by atomic mass is 10.1. The first kappa shape index (κ1) is 18.6. The zero-order valence-electron chi connectivity index (χ0n) is 15.6. The van der Waals surface area contributed by atoms with Gasteiger partial charge in [-0.15, -0.1) is 11.3 Å². The summed E-state index contributed by atoms with van der Waals surface area (Å²) >= 11 is 2.99. The third-order valence-electron chi connectivity index (χ3n) is 4.23. The molecule has 0 saturated heterocycles.